The minimum atomic E-state index is -0.453. The Hall–Kier alpha value is -3.27. The van der Waals surface area contributed by atoms with Crippen molar-refractivity contribution < 1.29 is 8.78 Å². The number of hydrogen-bond donors (Lipinski definition) is 1. The summed E-state index contributed by atoms with van der Waals surface area (Å²) in [6, 6.07) is 22.5. The summed E-state index contributed by atoms with van der Waals surface area (Å²) < 4.78 is 28.4. The zero-order valence-corrected chi connectivity index (χ0v) is 15.8. The first kappa shape index (κ1) is 17.8. The molecule has 0 radical (unpaired) electrons. The molecule has 0 unspecified atom stereocenters. The average Bonchev–Trinajstić information content (AvgIpc) is 3.07. The number of hydrogen-bond acceptors (Lipinski definition) is 1. The highest BCUT2D eigenvalue weighted by Crippen LogP contribution is 2.45. The average molecular weight is 386 g/mol. The molecule has 2 nitrogen and oxygen atoms in total. The highest BCUT2D eigenvalue weighted by molar-refractivity contribution is 6.01. The predicted molar refractivity (Wildman–Crippen MR) is 112 cm³/mol. The van der Waals surface area contributed by atoms with Crippen molar-refractivity contribution in [3.8, 4) is 0 Å². The van der Waals surface area contributed by atoms with E-state index < -0.39 is 5.95 Å². The molecule has 29 heavy (non-hydrogen) atoms. The first-order valence-corrected chi connectivity index (χ1v) is 9.90. The summed E-state index contributed by atoms with van der Waals surface area (Å²) in [6.45, 7) is 0. The molecule has 0 bridgehead atoms. The van der Waals surface area contributed by atoms with Crippen molar-refractivity contribution in [3.05, 3.63) is 101 Å². The Bertz CT molecular complexity index is 1200. The van der Waals surface area contributed by atoms with E-state index >= 15 is 0 Å². The van der Waals surface area contributed by atoms with Crippen molar-refractivity contribution in [2.24, 2.45) is 5.92 Å². The van der Waals surface area contributed by atoms with Crippen molar-refractivity contribution in [1.82, 2.24) is 10.2 Å². The number of allylic oxidation sites excluding steroid dienone is 1. The lowest BCUT2D eigenvalue weighted by atomic mass is 9.73. The number of H-pyrrole nitrogens is 1. The second-order valence-electron chi connectivity index (χ2n) is 7.56. The first-order chi connectivity index (χ1) is 14.2. The molecule has 0 amide bonds. The number of benzene rings is 3. The molecular weight excluding hydrogens is 366 g/mol. The second-order valence-corrected chi connectivity index (χ2v) is 7.56. The molecular formula is C25H20F2N2. The maximum atomic E-state index is 14.2. The maximum Gasteiger partial charge on any atom is 0.216 e. The SMILES string of the molecule is Fc1cccc(/C(=C(\c2ccccc2)C2CCC2)c2ccc3n[nH]c(F)c3c2)c1. The molecule has 1 N–H and O–H groups in total. The number of aromatic amines is 1. The fourth-order valence-electron chi connectivity index (χ4n) is 4.15. The standard InChI is InChI=1S/C25H20F2N2/c26-20-11-5-10-18(14-20)24(19-12-13-22-21(15-19)25(27)29-28-22)23(17-8-4-9-17)16-6-2-1-3-7-16/h1-3,5-7,10-15,17H,4,8-9H2,(H,28,29)/b24-23-. The van der Waals surface area contributed by atoms with Gasteiger partial charge in [0.15, 0.2) is 0 Å². The summed E-state index contributed by atoms with van der Waals surface area (Å²) in [4.78, 5) is 0. The lowest BCUT2D eigenvalue weighted by molar-refractivity contribution is 0.401. The van der Waals surface area contributed by atoms with E-state index in [0.29, 0.717) is 16.8 Å². The van der Waals surface area contributed by atoms with Gasteiger partial charge in [0.1, 0.15) is 5.82 Å². The highest BCUT2D eigenvalue weighted by Gasteiger charge is 2.27. The number of nitrogens with one attached hydrogen (secondary N) is 1. The van der Waals surface area contributed by atoms with Gasteiger partial charge in [0.25, 0.3) is 0 Å². The number of rotatable bonds is 4. The number of nitrogens with zero attached hydrogens (tertiary/aromatic N) is 1. The van der Waals surface area contributed by atoms with Crippen LogP contribution in [0.25, 0.3) is 22.0 Å². The second kappa shape index (κ2) is 7.28. The first-order valence-electron chi connectivity index (χ1n) is 9.90. The minimum absolute atomic E-state index is 0.281. The molecule has 1 aliphatic rings. The summed E-state index contributed by atoms with van der Waals surface area (Å²) in [7, 11) is 0. The Labute approximate surface area is 167 Å². The molecule has 1 saturated carbocycles. The lowest BCUT2D eigenvalue weighted by Gasteiger charge is -2.31. The lowest BCUT2D eigenvalue weighted by Crippen LogP contribution is -2.15. The van der Waals surface area contributed by atoms with Crippen LogP contribution in [0.15, 0.2) is 72.8 Å². The highest BCUT2D eigenvalue weighted by atomic mass is 19.1. The number of fused-ring (bicyclic) bond motifs is 1. The van der Waals surface area contributed by atoms with E-state index in [1.165, 1.54) is 18.1 Å². The molecule has 1 aromatic heterocycles. The van der Waals surface area contributed by atoms with Crippen LogP contribution in [0.1, 0.15) is 36.0 Å². The van der Waals surface area contributed by atoms with Gasteiger partial charge in [0, 0.05) is 0 Å². The van der Waals surface area contributed by atoms with E-state index in [4.69, 9.17) is 0 Å². The van der Waals surface area contributed by atoms with E-state index in [2.05, 4.69) is 22.3 Å². The van der Waals surface area contributed by atoms with Crippen LogP contribution in [-0.4, -0.2) is 10.2 Å². The van der Waals surface area contributed by atoms with Gasteiger partial charge in [0.2, 0.25) is 5.95 Å². The van der Waals surface area contributed by atoms with E-state index in [1.54, 1.807) is 12.1 Å². The monoisotopic (exact) mass is 386 g/mol. The van der Waals surface area contributed by atoms with Gasteiger partial charge in [-0.05, 0) is 70.9 Å². The van der Waals surface area contributed by atoms with Gasteiger partial charge in [-0.15, -0.1) is 0 Å². The van der Waals surface area contributed by atoms with Gasteiger partial charge < -0.3 is 0 Å². The van der Waals surface area contributed by atoms with E-state index in [1.807, 2.05) is 42.5 Å². The molecule has 1 aliphatic carbocycles. The van der Waals surface area contributed by atoms with Crippen molar-refractivity contribution in [2.45, 2.75) is 19.3 Å². The predicted octanol–water partition coefficient (Wildman–Crippen LogP) is 6.60. The van der Waals surface area contributed by atoms with Crippen LogP contribution in [0.2, 0.25) is 0 Å². The van der Waals surface area contributed by atoms with E-state index in [-0.39, 0.29) is 5.82 Å². The van der Waals surface area contributed by atoms with Crippen molar-refractivity contribution in [2.75, 3.05) is 0 Å². The van der Waals surface area contributed by atoms with Crippen LogP contribution < -0.4 is 0 Å². The van der Waals surface area contributed by atoms with Crippen molar-refractivity contribution in [1.29, 1.82) is 0 Å². The maximum absolute atomic E-state index is 14.2. The summed E-state index contributed by atoms with van der Waals surface area (Å²) in [5, 5.41) is 6.84. The van der Waals surface area contributed by atoms with Crippen LogP contribution in [0.3, 0.4) is 0 Å². The Balaban J connectivity index is 1.83. The molecule has 3 aromatic carbocycles. The molecule has 0 atom stereocenters. The smallest absolute Gasteiger partial charge is 0.216 e. The number of halogens is 2. The summed E-state index contributed by atoms with van der Waals surface area (Å²) in [6.07, 6.45) is 3.39. The van der Waals surface area contributed by atoms with Crippen molar-refractivity contribution >= 4 is 22.0 Å². The zero-order chi connectivity index (χ0) is 19.8. The molecule has 5 rings (SSSR count). The topological polar surface area (TPSA) is 28.7 Å². The fourth-order valence-corrected chi connectivity index (χ4v) is 4.15. The molecule has 0 saturated heterocycles. The van der Waals surface area contributed by atoms with Crippen LogP contribution in [0.4, 0.5) is 8.78 Å². The van der Waals surface area contributed by atoms with E-state index in [9.17, 15) is 8.78 Å². The third-order valence-electron chi connectivity index (χ3n) is 5.78. The van der Waals surface area contributed by atoms with Gasteiger partial charge in [0.05, 0.1) is 10.9 Å². The van der Waals surface area contributed by atoms with Crippen molar-refractivity contribution in [3.63, 3.8) is 0 Å². The van der Waals surface area contributed by atoms with Gasteiger partial charge in [-0.1, -0.05) is 55.0 Å². The molecule has 4 aromatic rings. The van der Waals surface area contributed by atoms with Crippen LogP contribution in [0, 0.1) is 17.7 Å². The Morgan fingerprint density at radius 1 is 0.828 bits per heavy atom. The Kier molecular flexibility index (Phi) is 4.47. The number of aromatic nitrogens is 2. The van der Waals surface area contributed by atoms with Crippen LogP contribution in [-0.2, 0) is 0 Å². The van der Waals surface area contributed by atoms with E-state index in [0.717, 1.165) is 35.1 Å². The normalized spacial score (nSPS) is 15.2. The van der Waals surface area contributed by atoms with Gasteiger partial charge >= 0.3 is 0 Å². The largest absolute Gasteiger partial charge is 0.252 e. The summed E-state index contributed by atoms with van der Waals surface area (Å²) >= 11 is 0. The molecule has 4 heteroatoms. The molecule has 144 valence electrons. The Morgan fingerprint density at radius 2 is 1.59 bits per heavy atom. The minimum Gasteiger partial charge on any atom is -0.252 e. The van der Waals surface area contributed by atoms with Gasteiger partial charge in [-0.25, -0.2) is 4.39 Å². The fraction of sp³-hybridized carbons (Fsp3) is 0.160. The van der Waals surface area contributed by atoms with Gasteiger partial charge in [-0.2, -0.15) is 9.49 Å². The third kappa shape index (κ3) is 3.25. The molecule has 1 heterocycles. The van der Waals surface area contributed by atoms with Gasteiger partial charge in [-0.3, -0.25) is 5.10 Å². The zero-order valence-electron chi connectivity index (χ0n) is 15.8. The molecule has 0 spiro atoms. The Morgan fingerprint density at radius 3 is 2.31 bits per heavy atom. The van der Waals surface area contributed by atoms with Crippen LogP contribution in [0.5, 0.6) is 0 Å². The quantitative estimate of drug-likeness (QED) is 0.393. The third-order valence-corrected chi connectivity index (χ3v) is 5.78. The van der Waals surface area contributed by atoms with Crippen LogP contribution >= 0.6 is 0 Å². The summed E-state index contributed by atoms with van der Waals surface area (Å²) in [5.41, 5.74) is 5.54. The molecule has 1 fully saturated rings. The molecule has 0 aliphatic heterocycles. The summed E-state index contributed by atoms with van der Waals surface area (Å²) in [5.74, 6) is -0.331.